The first-order valence-electron chi connectivity index (χ1n) is 13.2. The molecule has 0 unspecified atom stereocenters. The van der Waals surface area contributed by atoms with Crippen LogP contribution in [0.2, 0.25) is 0 Å². The smallest absolute Gasteiger partial charge is 0.263 e. The summed E-state index contributed by atoms with van der Waals surface area (Å²) in [6.45, 7) is 0. The van der Waals surface area contributed by atoms with Gasteiger partial charge in [0.25, 0.3) is 10.0 Å². The Morgan fingerprint density at radius 2 is 1.36 bits per heavy atom. The maximum Gasteiger partial charge on any atom is 0.263 e. The van der Waals surface area contributed by atoms with E-state index < -0.39 is 10.0 Å². The van der Waals surface area contributed by atoms with E-state index in [2.05, 4.69) is 20.2 Å². The average Bonchev–Trinajstić information content (AvgIpc) is 3.04. The van der Waals surface area contributed by atoms with Crippen molar-refractivity contribution < 1.29 is 37.6 Å². The average molecular weight is 631 g/mol. The first kappa shape index (κ1) is 32.1. The van der Waals surface area contributed by atoms with Gasteiger partial charge in [0.15, 0.2) is 34.6 Å². The zero-order valence-corrected chi connectivity index (χ0v) is 25.3. The lowest BCUT2D eigenvalue weighted by atomic mass is 10.1. The number of phenols is 2. The second-order valence-electron chi connectivity index (χ2n) is 9.25. The Labute approximate surface area is 260 Å². The quantitative estimate of drug-likeness (QED) is 0.116. The van der Waals surface area contributed by atoms with E-state index in [4.69, 9.17) is 14.2 Å². The number of hydrogen-bond donors (Lipinski definition) is 4. The van der Waals surface area contributed by atoms with Crippen LogP contribution in [0.25, 0.3) is 12.2 Å². The lowest BCUT2D eigenvalue weighted by Crippen LogP contribution is -2.14. The van der Waals surface area contributed by atoms with Crippen molar-refractivity contribution in [3.05, 3.63) is 108 Å². The summed E-state index contributed by atoms with van der Waals surface area (Å²) in [7, 11) is 0.326. The van der Waals surface area contributed by atoms with Gasteiger partial charge in [-0.1, -0.05) is 24.3 Å². The van der Waals surface area contributed by atoms with Crippen molar-refractivity contribution in [3.8, 4) is 28.9 Å². The number of aromatic hydroxyl groups is 2. The number of hydrogen-bond acceptors (Lipinski definition) is 11. The molecule has 0 atom stereocenters. The molecule has 232 valence electrons. The molecular formula is C32H30N4O8S. The van der Waals surface area contributed by atoms with E-state index in [1.165, 1.54) is 69.9 Å². The number of aromatic nitrogens is 2. The van der Waals surface area contributed by atoms with Gasteiger partial charge in [-0.2, -0.15) is 0 Å². The van der Waals surface area contributed by atoms with Gasteiger partial charge in [0.1, 0.15) is 0 Å². The van der Waals surface area contributed by atoms with Crippen LogP contribution in [0.1, 0.15) is 11.1 Å². The third kappa shape index (κ3) is 8.84. The van der Waals surface area contributed by atoms with Crippen LogP contribution in [0, 0.1) is 0 Å². The molecule has 13 heteroatoms. The highest BCUT2D eigenvalue weighted by molar-refractivity contribution is 7.92. The van der Waals surface area contributed by atoms with Gasteiger partial charge in [0, 0.05) is 23.5 Å². The number of rotatable bonds is 13. The number of sulfonamides is 1. The van der Waals surface area contributed by atoms with Crippen molar-refractivity contribution in [2.75, 3.05) is 31.4 Å². The van der Waals surface area contributed by atoms with E-state index in [0.29, 0.717) is 22.5 Å². The molecule has 3 aromatic carbocycles. The summed E-state index contributed by atoms with van der Waals surface area (Å²) in [6, 6.07) is 18.3. The molecule has 4 N–H and O–H groups in total. The maximum atomic E-state index is 12.9. The van der Waals surface area contributed by atoms with Crippen molar-refractivity contribution >= 4 is 39.5 Å². The van der Waals surface area contributed by atoms with E-state index in [0.717, 1.165) is 0 Å². The third-order valence-corrected chi connectivity index (χ3v) is 7.51. The molecule has 0 radical (unpaired) electrons. The monoisotopic (exact) mass is 630 g/mol. The molecule has 0 aliphatic rings. The number of allylic oxidation sites excluding steroid dienone is 3. The Kier molecular flexibility index (Phi) is 10.4. The Hall–Kier alpha value is -5.82. The highest BCUT2D eigenvalue weighted by Crippen LogP contribution is 2.28. The number of nitrogens with one attached hydrogen (secondary N) is 2. The van der Waals surface area contributed by atoms with Crippen molar-refractivity contribution in [2.45, 2.75) is 4.90 Å². The Bertz CT molecular complexity index is 1850. The van der Waals surface area contributed by atoms with E-state index in [1.54, 1.807) is 54.6 Å². The number of anilines is 2. The van der Waals surface area contributed by atoms with E-state index >= 15 is 0 Å². The van der Waals surface area contributed by atoms with E-state index in [-0.39, 0.29) is 45.4 Å². The van der Waals surface area contributed by atoms with Gasteiger partial charge in [0.2, 0.25) is 5.88 Å². The predicted octanol–water partition coefficient (Wildman–Crippen LogP) is 5.01. The number of benzene rings is 3. The Morgan fingerprint density at radius 1 is 0.756 bits per heavy atom. The topological polar surface area (TPSA) is 169 Å². The summed E-state index contributed by atoms with van der Waals surface area (Å²) in [4.78, 5) is 12.9. The number of phenolic OH excluding ortho intramolecular Hbond substituents is 2. The minimum Gasteiger partial charge on any atom is -0.504 e. The summed E-state index contributed by atoms with van der Waals surface area (Å²) in [5, 5.41) is 30.4. The standard InChI is InChI=1S/C32H30N4O8S/c1-42-29-18-21(6-14-27(29)38)4-8-24(20-25(37)11-5-22-7-15-28(39)30(19-22)43-2)33-23-9-12-26(13-10-23)45(40,41)36-31-16-17-32(44-3)35-34-31/h4-20,33,38-39H,1-3H3,(H,34,36)/b8-4+,11-5+,24-20-. The van der Waals surface area contributed by atoms with Gasteiger partial charge in [0.05, 0.1) is 26.2 Å². The molecule has 0 fully saturated rings. The fraction of sp³-hybridized carbons (Fsp3) is 0.0938. The molecule has 0 spiro atoms. The fourth-order valence-electron chi connectivity index (χ4n) is 3.85. The lowest BCUT2D eigenvalue weighted by Gasteiger charge is -2.10. The number of carbonyl (C=O) groups excluding carboxylic acids is 1. The normalized spacial score (nSPS) is 11.8. The summed E-state index contributed by atoms with van der Waals surface area (Å²) < 4.78 is 43.3. The van der Waals surface area contributed by atoms with Crippen LogP contribution >= 0.6 is 0 Å². The summed E-state index contributed by atoms with van der Waals surface area (Å²) in [5.41, 5.74) is 2.20. The van der Waals surface area contributed by atoms with Crippen molar-refractivity contribution in [3.63, 3.8) is 0 Å². The third-order valence-electron chi connectivity index (χ3n) is 6.14. The molecule has 1 heterocycles. The SMILES string of the molecule is COc1ccc(NS(=O)(=O)c2ccc(NC(=C\C(=O)/C=C/c3ccc(O)c(OC)c3)/C=C/c3ccc(O)c(OC)c3)cc2)nn1. The van der Waals surface area contributed by atoms with Gasteiger partial charge in [-0.15, -0.1) is 10.2 Å². The predicted molar refractivity (Wildman–Crippen MR) is 170 cm³/mol. The molecule has 4 rings (SSSR count). The molecule has 12 nitrogen and oxygen atoms in total. The molecule has 45 heavy (non-hydrogen) atoms. The first-order valence-corrected chi connectivity index (χ1v) is 14.7. The van der Waals surface area contributed by atoms with Gasteiger partial charge in [-0.3, -0.25) is 9.52 Å². The van der Waals surface area contributed by atoms with Crippen molar-refractivity contribution in [2.24, 2.45) is 0 Å². The summed E-state index contributed by atoms with van der Waals surface area (Å²) in [5.74, 6) is 0.423. The largest absolute Gasteiger partial charge is 0.504 e. The number of carbonyl (C=O) groups is 1. The van der Waals surface area contributed by atoms with Crippen LogP contribution in [-0.2, 0) is 14.8 Å². The van der Waals surface area contributed by atoms with Crippen molar-refractivity contribution in [1.29, 1.82) is 0 Å². The van der Waals surface area contributed by atoms with Gasteiger partial charge in [-0.05, 0) is 77.9 Å². The van der Waals surface area contributed by atoms with Crippen LogP contribution in [0.5, 0.6) is 28.9 Å². The second-order valence-corrected chi connectivity index (χ2v) is 10.9. The van der Waals surface area contributed by atoms with Gasteiger partial charge < -0.3 is 29.7 Å². The van der Waals surface area contributed by atoms with Gasteiger partial charge in [-0.25, -0.2) is 8.42 Å². The fourth-order valence-corrected chi connectivity index (χ4v) is 4.85. The zero-order valence-electron chi connectivity index (χ0n) is 24.5. The molecule has 0 saturated carbocycles. The first-order chi connectivity index (χ1) is 21.6. The molecule has 0 saturated heterocycles. The van der Waals surface area contributed by atoms with Crippen LogP contribution < -0.4 is 24.2 Å². The van der Waals surface area contributed by atoms with Crippen LogP contribution in [0.15, 0.2) is 102 Å². The molecule has 0 aliphatic heterocycles. The van der Waals surface area contributed by atoms with Crippen LogP contribution in [0.4, 0.5) is 11.5 Å². The van der Waals surface area contributed by atoms with Gasteiger partial charge >= 0.3 is 0 Å². The van der Waals surface area contributed by atoms with Crippen LogP contribution in [0.3, 0.4) is 0 Å². The molecular weight excluding hydrogens is 600 g/mol. The summed E-state index contributed by atoms with van der Waals surface area (Å²) >= 11 is 0. The van der Waals surface area contributed by atoms with Crippen LogP contribution in [-0.4, -0.2) is 55.9 Å². The number of ketones is 1. The highest BCUT2D eigenvalue weighted by atomic mass is 32.2. The molecule has 0 amide bonds. The molecule has 0 bridgehead atoms. The highest BCUT2D eigenvalue weighted by Gasteiger charge is 2.15. The number of methoxy groups -OCH3 is 3. The minimum absolute atomic E-state index is 0.0155. The number of nitrogens with zero attached hydrogens (tertiary/aromatic N) is 2. The maximum absolute atomic E-state index is 12.9. The van der Waals surface area contributed by atoms with E-state index in [1.807, 2.05) is 0 Å². The second kappa shape index (κ2) is 14.6. The number of ether oxygens (including phenoxy) is 3. The molecule has 4 aromatic rings. The zero-order chi connectivity index (χ0) is 32.4. The van der Waals surface area contributed by atoms with E-state index in [9.17, 15) is 23.4 Å². The van der Waals surface area contributed by atoms with Crippen molar-refractivity contribution in [1.82, 2.24) is 10.2 Å². The summed E-state index contributed by atoms with van der Waals surface area (Å²) in [6.07, 6.45) is 7.65. The molecule has 1 aromatic heterocycles. The Morgan fingerprint density at radius 3 is 1.89 bits per heavy atom. The molecule has 0 aliphatic carbocycles. The lowest BCUT2D eigenvalue weighted by molar-refractivity contribution is -0.110. The Balaban J connectivity index is 1.57. The minimum atomic E-state index is -3.96.